The molecule has 0 bridgehead atoms. The molecule has 0 spiro atoms. The van der Waals surface area contributed by atoms with Crippen LogP contribution in [0.4, 0.5) is 5.82 Å². The van der Waals surface area contributed by atoms with E-state index in [0.29, 0.717) is 22.7 Å². The van der Waals surface area contributed by atoms with E-state index in [1.54, 1.807) is 43.7 Å². The lowest BCUT2D eigenvalue weighted by Crippen LogP contribution is -2.19. The van der Waals surface area contributed by atoms with Gasteiger partial charge in [0.15, 0.2) is 5.65 Å². The molecule has 0 atom stereocenters. The number of nitrogens with zero attached hydrogens (tertiary/aromatic N) is 4. The molecule has 0 fully saturated rings. The number of methoxy groups -OCH3 is 1. The Balaban J connectivity index is 1.68. The first kappa shape index (κ1) is 20.5. The number of amides is 1. The van der Waals surface area contributed by atoms with Crippen molar-refractivity contribution in [1.82, 2.24) is 19.6 Å². The fourth-order valence-corrected chi connectivity index (χ4v) is 3.20. The first-order valence-electron chi connectivity index (χ1n) is 9.77. The summed E-state index contributed by atoms with van der Waals surface area (Å²) in [5.74, 6) is 0.805. The number of aromatic nitrogens is 4. The SMILES string of the molecule is COc1ccc(-c2cc(NC(=O)c3ccc(C(C)(C)O)nc3)nc3cc(C)nn23)cc1. The summed E-state index contributed by atoms with van der Waals surface area (Å²) >= 11 is 0. The van der Waals surface area contributed by atoms with Crippen molar-refractivity contribution in [3.8, 4) is 17.0 Å². The number of nitrogens with one attached hydrogen (secondary N) is 1. The highest BCUT2D eigenvalue weighted by molar-refractivity contribution is 6.03. The van der Waals surface area contributed by atoms with Crippen molar-refractivity contribution in [1.29, 1.82) is 0 Å². The maximum Gasteiger partial charge on any atom is 0.258 e. The second kappa shape index (κ2) is 7.81. The molecule has 1 aromatic carbocycles. The summed E-state index contributed by atoms with van der Waals surface area (Å²) in [5, 5.41) is 17.4. The topological polar surface area (TPSA) is 102 Å². The van der Waals surface area contributed by atoms with Gasteiger partial charge in [0.05, 0.1) is 29.8 Å². The van der Waals surface area contributed by atoms with Crippen LogP contribution < -0.4 is 10.1 Å². The zero-order valence-corrected chi connectivity index (χ0v) is 17.7. The van der Waals surface area contributed by atoms with Gasteiger partial charge in [-0.1, -0.05) is 0 Å². The largest absolute Gasteiger partial charge is 0.497 e. The summed E-state index contributed by atoms with van der Waals surface area (Å²) in [6.45, 7) is 5.17. The summed E-state index contributed by atoms with van der Waals surface area (Å²) in [4.78, 5) is 21.5. The van der Waals surface area contributed by atoms with E-state index in [1.807, 2.05) is 37.3 Å². The van der Waals surface area contributed by atoms with Gasteiger partial charge in [0.25, 0.3) is 5.91 Å². The van der Waals surface area contributed by atoms with Gasteiger partial charge >= 0.3 is 0 Å². The van der Waals surface area contributed by atoms with E-state index in [2.05, 4.69) is 20.4 Å². The van der Waals surface area contributed by atoms with Crippen LogP contribution in [0.15, 0.2) is 54.7 Å². The lowest BCUT2D eigenvalue weighted by Gasteiger charge is -2.16. The van der Waals surface area contributed by atoms with Crippen LogP contribution in [0.25, 0.3) is 16.9 Å². The normalized spacial score (nSPS) is 11.5. The van der Waals surface area contributed by atoms with Crippen molar-refractivity contribution in [2.75, 3.05) is 12.4 Å². The van der Waals surface area contributed by atoms with E-state index in [9.17, 15) is 9.90 Å². The summed E-state index contributed by atoms with van der Waals surface area (Å²) in [6, 6.07) is 14.5. The number of hydrogen-bond donors (Lipinski definition) is 2. The van der Waals surface area contributed by atoms with Gasteiger partial charge in [-0.15, -0.1) is 0 Å². The average Bonchev–Trinajstić information content (AvgIpc) is 3.12. The highest BCUT2D eigenvalue weighted by Crippen LogP contribution is 2.26. The van der Waals surface area contributed by atoms with Crippen LogP contribution in [0, 0.1) is 6.92 Å². The third-order valence-electron chi connectivity index (χ3n) is 4.83. The Hall–Kier alpha value is -3.78. The van der Waals surface area contributed by atoms with E-state index < -0.39 is 5.60 Å². The zero-order valence-electron chi connectivity index (χ0n) is 17.7. The van der Waals surface area contributed by atoms with E-state index in [0.717, 1.165) is 22.7 Å². The Bertz CT molecular complexity index is 1240. The third kappa shape index (κ3) is 4.24. The number of fused-ring (bicyclic) bond motifs is 1. The highest BCUT2D eigenvalue weighted by Gasteiger charge is 2.19. The lowest BCUT2D eigenvalue weighted by atomic mass is 10.0. The second-order valence-corrected chi connectivity index (χ2v) is 7.76. The molecular weight excluding hydrogens is 394 g/mol. The fraction of sp³-hybridized carbons (Fsp3) is 0.217. The van der Waals surface area contributed by atoms with Gasteiger partial charge in [0, 0.05) is 23.9 Å². The minimum atomic E-state index is -1.07. The summed E-state index contributed by atoms with van der Waals surface area (Å²) in [5.41, 5.74) is 2.91. The van der Waals surface area contributed by atoms with Gasteiger partial charge in [-0.05, 0) is 57.2 Å². The Morgan fingerprint density at radius 1 is 1.13 bits per heavy atom. The number of pyridine rings is 1. The maximum absolute atomic E-state index is 12.8. The van der Waals surface area contributed by atoms with Crippen LogP contribution in [-0.4, -0.2) is 37.7 Å². The molecule has 0 aliphatic carbocycles. The number of carbonyl (C=O) groups excluding carboxylic acids is 1. The zero-order chi connectivity index (χ0) is 22.2. The number of rotatable bonds is 5. The standard InChI is InChI=1S/C23H23N5O3/c1-14-11-21-25-20(26-22(29)16-7-10-19(24-13-16)23(2,3)30)12-18(28(21)27-14)15-5-8-17(31-4)9-6-15/h5-13,30H,1-4H3,(H,25,26,29). The van der Waals surface area contributed by atoms with Crippen molar-refractivity contribution in [2.45, 2.75) is 26.4 Å². The maximum atomic E-state index is 12.8. The van der Waals surface area contributed by atoms with Crippen molar-refractivity contribution in [3.05, 3.63) is 71.7 Å². The number of aliphatic hydroxyl groups is 1. The number of ether oxygens (including phenoxy) is 1. The van der Waals surface area contributed by atoms with Gasteiger partial charge in [-0.3, -0.25) is 9.78 Å². The molecule has 3 aromatic heterocycles. The first-order chi connectivity index (χ1) is 14.7. The first-order valence-corrected chi connectivity index (χ1v) is 9.77. The van der Waals surface area contributed by atoms with Crippen LogP contribution in [0.2, 0.25) is 0 Å². The molecule has 3 heterocycles. The molecule has 0 radical (unpaired) electrons. The van der Waals surface area contributed by atoms with Gasteiger partial charge < -0.3 is 15.2 Å². The average molecular weight is 417 g/mol. The van der Waals surface area contributed by atoms with Crippen LogP contribution in [0.5, 0.6) is 5.75 Å². The van der Waals surface area contributed by atoms with Crippen molar-refractivity contribution in [2.24, 2.45) is 0 Å². The molecule has 4 aromatic rings. The summed E-state index contributed by atoms with van der Waals surface area (Å²) in [7, 11) is 1.62. The van der Waals surface area contributed by atoms with Gasteiger partial charge in [-0.25, -0.2) is 9.50 Å². The molecular formula is C23H23N5O3. The van der Waals surface area contributed by atoms with Gasteiger partial charge in [-0.2, -0.15) is 5.10 Å². The number of carbonyl (C=O) groups is 1. The van der Waals surface area contributed by atoms with Crippen molar-refractivity contribution < 1.29 is 14.6 Å². The summed E-state index contributed by atoms with van der Waals surface area (Å²) < 4.78 is 6.98. The molecule has 0 unspecified atom stereocenters. The highest BCUT2D eigenvalue weighted by atomic mass is 16.5. The van der Waals surface area contributed by atoms with Crippen LogP contribution >= 0.6 is 0 Å². The number of hydrogen-bond acceptors (Lipinski definition) is 6. The molecule has 0 aliphatic heterocycles. The van der Waals surface area contributed by atoms with Gasteiger partial charge in [0.1, 0.15) is 17.2 Å². The molecule has 4 rings (SSSR count). The van der Waals surface area contributed by atoms with E-state index >= 15 is 0 Å². The molecule has 0 saturated heterocycles. The Morgan fingerprint density at radius 3 is 2.48 bits per heavy atom. The minimum Gasteiger partial charge on any atom is -0.497 e. The molecule has 2 N–H and O–H groups in total. The van der Waals surface area contributed by atoms with Gasteiger partial charge in [0.2, 0.25) is 0 Å². The van der Waals surface area contributed by atoms with E-state index in [4.69, 9.17) is 4.74 Å². The third-order valence-corrected chi connectivity index (χ3v) is 4.83. The molecule has 8 heteroatoms. The molecule has 158 valence electrons. The van der Waals surface area contributed by atoms with Crippen molar-refractivity contribution >= 4 is 17.4 Å². The predicted molar refractivity (Wildman–Crippen MR) is 117 cm³/mol. The minimum absolute atomic E-state index is 0.344. The lowest BCUT2D eigenvalue weighted by molar-refractivity contribution is 0.0737. The van der Waals surface area contributed by atoms with Crippen LogP contribution in [0.1, 0.15) is 35.6 Å². The quantitative estimate of drug-likeness (QED) is 0.515. The predicted octanol–water partition coefficient (Wildman–Crippen LogP) is 3.59. The smallest absolute Gasteiger partial charge is 0.258 e. The molecule has 31 heavy (non-hydrogen) atoms. The van der Waals surface area contributed by atoms with Crippen molar-refractivity contribution in [3.63, 3.8) is 0 Å². The fourth-order valence-electron chi connectivity index (χ4n) is 3.20. The summed E-state index contributed by atoms with van der Waals surface area (Å²) in [6.07, 6.45) is 1.44. The number of benzene rings is 1. The van der Waals surface area contributed by atoms with E-state index in [1.165, 1.54) is 6.20 Å². The monoisotopic (exact) mass is 417 g/mol. The van der Waals surface area contributed by atoms with E-state index in [-0.39, 0.29) is 5.91 Å². The number of anilines is 1. The van der Waals surface area contributed by atoms with Crippen LogP contribution in [-0.2, 0) is 5.60 Å². The van der Waals surface area contributed by atoms with Crippen LogP contribution in [0.3, 0.4) is 0 Å². The Labute approximate surface area is 179 Å². The molecule has 1 amide bonds. The molecule has 0 saturated carbocycles. The molecule has 0 aliphatic rings. The second-order valence-electron chi connectivity index (χ2n) is 7.76. The Kier molecular flexibility index (Phi) is 5.16. The Morgan fingerprint density at radius 2 is 1.87 bits per heavy atom. The number of aryl methyl sites for hydroxylation is 1. The molecule has 8 nitrogen and oxygen atoms in total.